The zero-order valence-electron chi connectivity index (χ0n) is 8.09. The first-order chi connectivity index (χ1) is 7.83. The molecule has 0 bridgehead atoms. The highest BCUT2D eigenvalue weighted by Crippen LogP contribution is 2.22. The van der Waals surface area contributed by atoms with Gasteiger partial charge in [-0.15, -0.1) is 0 Å². The highest BCUT2D eigenvalue weighted by molar-refractivity contribution is 5.72. The van der Waals surface area contributed by atoms with Crippen molar-refractivity contribution in [3.05, 3.63) is 42.6 Å². The number of nitrogens with zero attached hydrogens (tertiary/aromatic N) is 3. The second-order valence-corrected chi connectivity index (χ2v) is 3.23. The van der Waals surface area contributed by atoms with E-state index in [1.165, 1.54) is 6.07 Å². The van der Waals surface area contributed by atoms with Crippen LogP contribution in [0.2, 0.25) is 0 Å². The second-order valence-electron chi connectivity index (χ2n) is 3.23. The van der Waals surface area contributed by atoms with Crippen LogP contribution in [0, 0.1) is 5.82 Å². The smallest absolute Gasteiger partial charge is 0.247 e. The first-order valence-corrected chi connectivity index (χ1v) is 4.65. The van der Waals surface area contributed by atoms with Crippen molar-refractivity contribution in [2.45, 2.75) is 0 Å². The molecule has 0 aliphatic heterocycles. The Balaban J connectivity index is 2.19. The van der Waals surface area contributed by atoms with Gasteiger partial charge in [-0.3, -0.25) is 4.98 Å². The molecular formula is C11H6FN3O. The highest BCUT2D eigenvalue weighted by atomic mass is 19.1. The zero-order chi connectivity index (χ0) is 11.0. The number of pyridine rings is 2. The van der Waals surface area contributed by atoms with Gasteiger partial charge in [0.1, 0.15) is 11.3 Å². The van der Waals surface area contributed by atoms with Crippen molar-refractivity contribution < 1.29 is 8.81 Å². The lowest BCUT2D eigenvalue weighted by molar-refractivity contribution is 0.597. The molecule has 0 aliphatic carbocycles. The molecule has 0 atom stereocenters. The van der Waals surface area contributed by atoms with E-state index in [1.54, 1.807) is 24.5 Å². The van der Waals surface area contributed by atoms with Gasteiger partial charge in [0.2, 0.25) is 11.6 Å². The molecule has 16 heavy (non-hydrogen) atoms. The van der Waals surface area contributed by atoms with Gasteiger partial charge in [-0.05, 0) is 12.1 Å². The van der Waals surface area contributed by atoms with E-state index in [9.17, 15) is 4.39 Å². The van der Waals surface area contributed by atoms with Gasteiger partial charge in [-0.25, -0.2) is 14.4 Å². The summed E-state index contributed by atoms with van der Waals surface area (Å²) in [7, 11) is 0. The average Bonchev–Trinajstić information content (AvgIpc) is 2.73. The topological polar surface area (TPSA) is 51.8 Å². The molecule has 3 rings (SSSR count). The molecule has 0 saturated heterocycles. The van der Waals surface area contributed by atoms with E-state index < -0.39 is 5.82 Å². The Kier molecular flexibility index (Phi) is 1.89. The largest absolute Gasteiger partial charge is 0.418 e. The summed E-state index contributed by atoms with van der Waals surface area (Å²) in [6, 6.07) is 4.82. The maximum absolute atomic E-state index is 12.9. The number of hydrogen-bond acceptors (Lipinski definition) is 4. The minimum Gasteiger partial charge on any atom is -0.418 e. The molecule has 0 aliphatic rings. The third-order valence-electron chi connectivity index (χ3n) is 2.14. The van der Waals surface area contributed by atoms with Gasteiger partial charge >= 0.3 is 0 Å². The van der Waals surface area contributed by atoms with Crippen LogP contribution in [0.25, 0.3) is 22.7 Å². The van der Waals surface area contributed by atoms with Gasteiger partial charge in [0, 0.05) is 24.0 Å². The fourth-order valence-electron chi connectivity index (χ4n) is 1.42. The van der Waals surface area contributed by atoms with Crippen molar-refractivity contribution in [1.82, 2.24) is 15.0 Å². The summed E-state index contributed by atoms with van der Waals surface area (Å²) in [5, 5.41) is 0. The highest BCUT2D eigenvalue weighted by Gasteiger charge is 2.09. The fraction of sp³-hybridized carbons (Fsp3) is 0. The lowest BCUT2D eigenvalue weighted by Crippen LogP contribution is -1.78. The van der Waals surface area contributed by atoms with E-state index in [-0.39, 0.29) is 0 Å². The van der Waals surface area contributed by atoms with Crippen LogP contribution in [0.5, 0.6) is 0 Å². The lowest BCUT2D eigenvalue weighted by atomic mass is 10.3. The second kappa shape index (κ2) is 3.37. The van der Waals surface area contributed by atoms with Crippen LogP contribution in [-0.4, -0.2) is 15.0 Å². The Morgan fingerprint density at radius 3 is 2.81 bits per heavy atom. The quantitative estimate of drug-likeness (QED) is 0.625. The average molecular weight is 215 g/mol. The van der Waals surface area contributed by atoms with E-state index in [2.05, 4.69) is 15.0 Å². The summed E-state index contributed by atoms with van der Waals surface area (Å²) in [6.45, 7) is 0. The first-order valence-electron chi connectivity index (χ1n) is 4.65. The number of aromatic nitrogens is 3. The van der Waals surface area contributed by atoms with Crippen LogP contribution in [0.4, 0.5) is 4.39 Å². The molecule has 0 unspecified atom stereocenters. The molecular weight excluding hydrogens is 209 g/mol. The summed E-state index contributed by atoms with van der Waals surface area (Å²) in [4.78, 5) is 11.8. The number of rotatable bonds is 1. The Hall–Kier alpha value is -2.30. The van der Waals surface area contributed by atoms with Crippen molar-refractivity contribution in [3.8, 4) is 11.5 Å². The Morgan fingerprint density at radius 2 is 2.00 bits per heavy atom. The molecule has 0 fully saturated rings. The van der Waals surface area contributed by atoms with Crippen LogP contribution in [0.1, 0.15) is 0 Å². The molecule has 0 radical (unpaired) electrons. The maximum Gasteiger partial charge on any atom is 0.247 e. The third kappa shape index (κ3) is 1.42. The molecule has 0 aromatic carbocycles. The zero-order valence-corrected chi connectivity index (χ0v) is 8.09. The van der Waals surface area contributed by atoms with Crippen LogP contribution < -0.4 is 0 Å². The molecule has 3 heterocycles. The summed E-state index contributed by atoms with van der Waals surface area (Å²) in [6.07, 6.45) is 4.38. The molecule has 3 aromatic rings. The normalized spacial score (nSPS) is 10.8. The van der Waals surface area contributed by atoms with E-state index in [1.807, 2.05) is 0 Å². The molecule has 78 valence electrons. The summed E-state index contributed by atoms with van der Waals surface area (Å²) in [5.74, 6) is -0.0161. The van der Waals surface area contributed by atoms with Crippen molar-refractivity contribution in [2.75, 3.05) is 0 Å². The summed E-state index contributed by atoms with van der Waals surface area (Å²) in [5.41, 5.74) is 1.52. The SMILES string of the molecule is Fc1cnc2oc(-c3ccncc3)nc2c1. The van der Waals surface area contributed by atoms with E-state index in [0.717, 1.165) is 11.8 Å². The number of hydrogen-bond donors (Lipinski definition) is 0. The van der Waals surface area contributed by atoms with Gasteiger partial charge in [-0.1, -0.05) is 0 Å². The molecule has 0 N–H and O–H groups in total. The summed E-state index contributed by atoms with van der Waals surface area (Å²) >= 11 is 0. The first kappa shape index (κ1) is 8.96. The fourth-order valence-corrected chi connectivity index (χ4v) is 1.42. The van der Waals surface area contributed by atoms with E-state index in [4.69, 9.17) is 4.42 Å². The van der Waals surface area contributed by atoms with Crippen molar-refractivity contribution >= 4 is 11.2 Å². The monoisotopic (exact) mass is 215 g/mol. The van der Waals surface area contributed by atoms with Crippen LogP contribution in [-0.2, 0) is 0 Å². The van der Waals surface area contributed by atoms with Crippen molar-refractivity contribution in [1.29, 1.82) is 0 Å². The predicted molar refractivity (Wildman–Crippen MR) is 55.0 cm³/mol. The standard InChI is InChI=1S/C11H6FN3O/c12-8-5-9-11(14-6-8)16-10(15-9)7-1-3-13-4-2-7/h1-6H. The minimum absolute atomic E-state index is 0.327. The van der Waals surface area contributed by atoms with Crippen LogP contribution in [0.15, 0.2) is 41.2 Å². The Morgan fingerprint density at radius 1 is 1.19 bits per heavy atom. The molecule has 5 heteroatoms. The van der Waals surface area contributed by atoms with Gasteiger partial charge in [0.15, 0.2) is 0 Å². The molecule has 4 nitrogen and oxygen atoms in total. The van der Waals surface area contributed by atoms with Gasteiger partial charge < -0.3 is 4.42 Å². The number of halogens is 1. The minimum atomic E-state index is -0.429. The number of oxazole rings is 1. The van der Waals surface area contributed by atoms with Gasteiger partial charge in [0.05, 0.1) is 6.20 Å². The predicted octanol–water partition coefficient (Wildman–Crippen LogP) is 2.42. The summed E-state index contributed by atoms with van der Waals surface area (Å²) < 4.78 is 18.3. The Labute approximate surface area is 89.8 Å². The van der Waals surface area contributed by atoms with Gasteiger partial charge in [-0.2, -0.15) is 0 Å². The molecule has 0 spiro atoms. The maximum atomic E-state index is 12.9. The third-order valence-corrected chi connectivity index (χ3v) is 2.14. The molecule has 0 amide bonds. The number of fused-ring (bicyclic) bond motifs is 1. The molecule has 0 saturated carbocycles. The Bertz CT molecular complexity index is 636. The lowest BCUT2D eigenvalue weighted by Gasteiger charge is -1.90. The molecule has 3 aromatic heterocycles. The van der Waals surface area contributed by atoms with E-state index >= 15 is 0 Å². The van der Waals surface area contributed by atoms with E-state index in [0.29, 0.717) is 17.1 Å². The van der Waals surface area contributed by atoms with Gasteiger partial charge in [0.25, 0.3) is 0 Å². The van der Waals surface area contributed by atoms with Crippen molar-refractivity contribution in [3.63, 3.8) is 0 Å². The van der Waals surface area contributed by atoms with Crippen LogP contribution in [0.3, 0.4) is 0 Å². The van der Waals surface area contributed by atoms with Crippen molar-refractivity contribution in [2.24, 2.45) is 0 Å². The van der Waals surface area contributed by atoms with Crippen LogP contribution >= 0.6 is 0 Å².